The number of aliphatic hydroxyl groups is 1. The molecule has 0 spiro atoms. The Morgan fingerprint density at radius 2 is 1.89 bits per heavy atom. The fraction of sp³-hybridized carbons (Fsp3) is 0.308. The van der Waals surface area contributed by atoms with Crippen molar-refractivity contribution in [2.24, 2.45) is 0 Å². The summed E-state index contributed by atoms with van der Waals surface area (Å²) in [4.78, 5) is 42.0. The maximum absolute atomic E-state index is 12.6. The fourth-order valence-corrected chi connectivity index (χ4v) is 4.62. The Bertz CT molecular complexity index is 1230. The number of nitrogens with zero attached hydrogens (tertiary/aromatic N) is 3. The number of rotatable bonds is 7. The number of carbonyl (C=O) groups excluding carboxylic acids is 1. The Balaban J connectivity index is 1.40. The second kappa shape index (κ2) is 10.5. The second-order valence-corrected chi connectivity index (χ2v) is 8.73. The number of amides is 2. The third-order valence-electron chi connectivity index (χ3n) is 6.50. The normalized spacial score (nSPS) is 19.2. The summed E-state index contributed by atoms with van der Waals surface area (Å²) in [7, 11) is 0. The van der Waals surface area contributed by atoms with Crippen molar-refractivity contribution in [1.82, 2.24) is 14.5 Å². The van der Waals surface area contributed by atoms with Gasteiger partial charge in [0, 0.05) is 41.9 Å². The van der Waals surface area contributed by atoms with Gasteiger partial charge in [0.05, 0.1) is 6.04 Å². The Labute approximate surface area is 202 Å². The van der Waals surface area contributed by atoms with Crippen molar-refractivity contribution in [3.63, 3.8) is 0 Å². The topological polar surface area (TPSA) is 125 Å². The molecule has 3 heterocycles. The molecule has 2 aromatic heterocycles. The van der Waals surface area contributed by atoms with Gasteiger partial charge >= 0.3 is 6.09 Å². The first-order valence-electron chi connectivity index (χ1n) is 11.5. The average molecular weight is 477 g/mol. The molecule has 3 N–H and O–H groups in total. The summed E-state index contributed by atoms with van der Waals surface area (Å²) in [6.07, 6.45) is 4.41. The van der Waals surface area contributed by atoms with Gasteiger partial charge in [-0.15, -0.1) is 0 Å². The molecule has 9 nitrogen and oxygen atoms in total. The zero-order valence-corrected chi connectivity index (χ0v) is 19.3. The largest absolute Gasteiger partial charge is 0.465 e. The Morgan fingerprint density at radius 1 is 1.11 bits per heavy atom. The van der Waals surface area contributed by atoms with E-state index in [9.17, 15) is 24.6 Å². The van der Waals surface area contributed by atoms with E-state index >= 15 is 0 Å². The minimum atomic E-state index is -1.06. The maximum Gasteiger partial charge on any atom is 0.407 e. The molecule has 35 heavy (non-hydrogen) atoms. The van der Waals surface area contributed by atoms with Crippen LogP contribution >= 0.6 is 0 Å². The van der Waals surface area contributed by atoms with Crippen LogP contribution < -0.4 is 10.9 Å². The summed E-state index contributed by atoms with van der Waals surface area (Å²) in [6.45, 7) is 1.65. The number of hydrogen-bond acceptors (Lipinski definition) is 5. The molecule has 0 radical (unpaired) electrons. The lowest BCUT2D eigenvalue weighted by molar-refractivity contribution is -0.118. The Kier molecular flexibility index (Phi) is 7.26. The van der Waals surface area contributed by atoms with Crippen LogP contribution in [0.1, 0.15) is 43.0 Å². The molecular weight excluding hydrogens is 448 g/mol. The lowest BCUT2D eigenvalue weighted by Crippen LogP contribution is -2.44. The molecule has 182 valence electrons. The van der Waals surface area contributed by atoms with Gasteiger partial charge in [-0.1, -0.05) is 24.3 Å². The Hall–Kier alpha value is -3.98. The number of benzene rings is 1. The summed E-state index contributed by atoms with van der Waals surface area (Å²) >= 11 is 0. The second-order valence-electron chi connectivity index (χ2n) is 8.73. The molecule has 4 rings (SSSR count). The van der Waals surface area contributed by atoms with E-state index in [0.717, 1.165) is 5.56 Å². The van der Waals surface area contributed by atoms with E-state index in [0.29, 0.717) is 30.5 Å². The summed E-state index contributed by atoms with van der Waals surface area (Å²) in [6, 6.07) is 13.9. The van der Waals surface area contributed by atoms with Gasteiger partial charge in [0.15, 0.2) is 0 Å². The van der Waals surface area contributed by atoms with E-state index in [1.807, 2.05) is 12.1 Å². The van der Waals surface area contributed by atoms with Gasteiger partial charge in [0.25, 0.3) is 5.56 Å². The van der Waals surface area contributed by atoms with E-state index < -0.39 is 24.3 Å². The molecule has 3 aromatic rings. The quantitative estimate of drug-likeness (QED) is 0.481. The van der Waals surface area contributed by atoms with Crippen molar-refractivity contribution in [3.8, 4) is 0 Å². The molecule has 2 amide bonds. The van der Waals surface area contributed by atoms with Crippen molar-refractivity contribution >= 4 is 17.7 Å². The number of pyridine rings is 2. The highest BCUT2D eigenvalue weighted by atomic mass is 16.4. The van der Waals surface area contributed by atoms with Crippen LogP contribution in [0.3, 0.4) is 0 Å². The standard InChI is InChI=1S/C26H28N4O5/c1-17(29-14-3-2-6-23(29)31)25(33)28-20-9-7-18(8-10-20)15-21-11-12-22(30(21)26(34)35)24(32)19-5-4-13-27-16-19/h2-10,13-14,16-17,21-22,24,32H,11-12,15H2,1H3,(H,28,33)(H,34,35)/t17-,21-,22+,24?/m0/s1. The number of anilines is 1. The van der Waals surface area contributed by atoms with Gasteiger partial charge in [-0.25, -0.2) is 4.79 Å². The van der Waals surface area contributed by atoms with Crippen LogP contribution in [-0.2, 0) is 11.2 Å². The van der Waals surface area contributed by atoms with Crippen molar-refractivity contribution in [3.05, 3.63) is 94.7 Å². The summed E-state index contributed by atoms with van der Waals surface area (Å²) in [5, 5.41) is 23.5. The van der Waals surface area contributed by atoms with Crippen molar-refractivity contribution < 1.29 is 19.8 Å². The molecular formula is C26H28N4O5. The van der Waals surface area contributed by atoms with E-state index in [4.69, 9.17) is 0 Å². The van der Waals surface area contributed by atoms with Crippen LogP contribution in [0.15, 0.2) is 78.0 Å². The number of carboxylic acid groups (broad SMARTS) is 1. The molecule has 1 aliphatic rings. The molecule has 0 saturated carbocycles. The van der Waals surface area contributed by atoms with Gasteiger partial charge in [-0.05, 0) is 56.0 Å². The lowest BCUT2D eigenvalue weighted by atomic mass is 10.0. The van der Waals surface area contributed by atoms with Crippen LogP contribution in [0.25, 0.3) is 0 Å². The van der Waals surface area contributed by atoms with Crippen molar-refractivity contribution in [2.75, 3.05) is 5.32 Å². The van der Waals surface area contributed by atoms with Crippen LogP contribution in [0, 0.1) is 0 Å². The van der Waals surface area contributed by atoms with Gasteiger partial charge in [0.2, 0.25) is 5.91 Å². The molecule has 4 atom stereocenters. The maximum atomic E-state index is 12.6. The molecule has 1 saturated heterocycles. The SMILES string of the molecule is C[C@@H](C(=O)Nc1ccc(C[C@@H]2CC[C@H](C(O)c3cccnc3)N2C(=O)O)cc1)n1ccccc1=O. The highest BCUT2D eigenvalue weighted by Crippen LogP contribution is 2.34. The monoisotopic (exact) mass is 476 g/mol. The van der Waals surface area contributed by atoms with E-state index in [1.165, 1.54) is 15.5 Å². The van der Waals surface area contributed by atoms with Gasteiger partial charge in [-0.3, -0.25) is 19.5 Å². The number of aliphatic hydroxyl groups excluding tert-OH is 1. The van der Waals surface area contributed by atoms with Gasteiger partial charge in [0.1, 0.15) is 12.1 Å². The highest BCUT2D eigenvalue weighted by Gasteiger charge is 2.41. The molecule has 0 bridgehead atoms. The van der Waals surface area contributed by atoms with Crippen LogP contribution in [0.4, 0.5) is 10.5 Å². The highest BCUT2D eigenvalue weighted by molar-refractivity contribution is 5.93. The minimum Gasteiger partial charge on any atom is -0.465 e. The first-order chi connectivity index (χ1) is 16.8. The first-order valence-corrected chi connectivity index (χ1v) is 11.5. The molecule has 0 aliphatic carbocycles. The van der Waals surface area contributed by atoms with Crippen LogP contribution in [0.5, 0.6) is 0 Å². The van der Waals surface area contributed by atoms with E-state index in [2.05, 4.69) is 10.3 Å². The molecule has 1 aromatic carbocycles. The Morgan fingerprint density at radius 3 is 2.54 bits per heavy atom. The summed E-state index contributed by atoms with van der Waals surface area (Å²) < 4.78 is 1.36. The lowest BCUT2D eigenvalue weighted by Gasteiger charge is -2.30. The predicted octanol–water partition coefficient (Wildman–Crippen LogP) is 3.23. The molecule has 1 fully saturated rings. The third kappa shape index (κ3) is 5.41. The fourth-order valence-electron chi connectivity index (χ4n) is 4.62. The van der Waals surface area contributed by atoms with Crippen molar-refractivity contribution in [1.29, 1.82) is 0 Å². The van der Waals surface area contributed by atoms with Crippen LogP contribution in [0.2, 0.25) is 0 Å². The molecule has 1 unspecified atom stereocenters. The number of likely N-dealkylation sites (tertiary alicyclic amines) is 1. The zero-order chi connectivity index (χ0) is 24.9. The van der Waals surface area contributed by atoms with Crippen LogP contribution in [-0.4, -0.2) is 48.7 Å². The minimum absolute atomic E-state index is 0.253. The molecule has 9 heteroatoms. The zero-order valence-electron chi connectivity index (χ0n) is 19.3. The number of hydrogen-bond donors (Lipinski definition) is 3. The summed E-state index contributed by atoms with van der Waals surface area (Å²) in [5.41, 5.74) is 1.84. The first kappa shape index (κ1) is 24.2. The van der Waals surface area contributed by atoms with Gasteiger partial charge < -0.3 is 20.1 Å². The number of carbonyl (C=O) groups is 2. The molecule has 1 aliphatic heterocycles. The van der Waals surface area contributed by atoms with E-state index in [-0.39, 0.29) is 17.5 Å². The summed E-state index contributed by atoms with van der Waals surface area (Å²) in [5.74, 6) is -0.314. The predicted molar refractivity (Wildman–Crippen MR) is 130 cm³/mol. The number of aromatic nitrogens is 2. The van der Waals surface area contributed by atoms with Gasteiger partial charge in [-0.2, -0.15) is 0 Å². The smallest absolute Gasteiger partial charge is 0.407 e. The average Bonchev–Trinajstić information content (AvgIpc) is 3.29. The van der Waals surface area contributed by atoms with E-state index in [1.54, 1.807) is 61.9 Å². The van der Waals surface area contributed by atoms with Crippen molar-refractivity contribution in [2.45, 2.75) is 50.4 Å². The third-order valence-corrected chi connectivity index (χ3v) is 6.50. The number of nitrogens with one attached hydrogen (secondary N) is 1.